The van der Waals surface area contributed by atoms with Gasteiger partial charge < -0.3 is 4.74 Å². The molecule has 2 aromatic carbocycles. The summed E-state index contributed by atoms with van der Waals surface area (Å²) in [5.74, 6) is 1.39. The highest BCUT2D eigenvalue weighted by Crippen LogP contribution is 2.25. The number of rotatable bonds is 5. The van der Waals surface area contributed by atoms with Crippen LogP contribution in [0, 0.1) is 0 Å². The molecule has 0 aliphatic heterocycles. The van der Waals surface area contributed by atoms with Crippen LogP contribution < -0.4 is 10.2 Å². The minimum atomic E-state index is 0. The highest BCUT2D eigenvalue weighted by Gasteiger charge is 2.03. The lowest BCUT2D eigenvalue weighted by atomic mass is 10.1. The van der Waals surface area contributed by atoms with E-state index < -0.39 is 0 Å². The first-order valence-electron chi connectivity index (χ1n) is 6.78. The first kappa shape index (κ1) is 17.3. The summed E-state index contributed by atoms with van der Waals surface area (Å²) in [4.78, 5) is 4.26. The predicted octanol–water partition coefficient (Wildman–Crippen LogP) is 3.82. The lowest BCUT2D eigenvalue weighted by Crippen LogP contribution is -2.23. The number of hydroxylamine groups is 1. The zero-order valence-corrected chi connectivity index (χ0v) is 13.1. The Bertz CT molecular complexity index is 594. The third kappa shape index (κ3) is 4.92. The molecule has 5 heteroatoms. The van der Waals surface area contributed by atoms with Crippen LogP contribution in [0.4, 0.5) is 0 Å². The van der Waals surface area contributed by atoms with Gasteiger partial charge in [-0.3, -0.25) is 15.7 Å². The van der Waals surface area contributed by atoms with Crippen molar-refractivity contribution in [2.24, 2.45) is 4.99 Å². The second-order valence-corrected chi connectivity index (χ2v) is 4.86. The summed E-state index contributed by atoms with van der Waals surface area (Å²) in [6.07, 6.45) is 0.540. The van der Waals surface area contributed by atoms with Gasteiger partial charge in [0, 0.05) is 17.8 Å². The van der Waals surface area contributed by atoms with E-state index in [9.17, 15) is 0 Å². The third-order valence-electron chi connectivity index (χ3n) is 2.89. The van der Waals surface area contributed by atoms with Gasteiger partial charge in [0.1, 0.15) is 11.6 Å². The second-order valence-electron chi connectivity index (χ2n) is 4.86. The molecular formula is C16H21ClN2O2. The molecule has 2 aromatic rings. The second kappa shape index (κ2) is 8.49. The third-order valence-corrected chi connectivity index (χ3v) is 2.89. The van der Waals surface area contributed by atoms with E-state index in [2.05, 4.69) is 22.6 Å². The van der Waals surface area contributed by atoms with E-state index in [1.807, 2.05) is 44.2 Å². The Kier molecular flexibility index (Phi) is 6.99. The summed E-state index contributed by atoms with van der Waals surface area (Å²) in [5, 5.41) is 11.3. The molecule has 0 amide bonds. The van der Waals surface area contributed by atoms with Crippen molar-refractivity contribution < 1.29 is 9.94 Å². The van der Waals surface area contributed by atoms with Gasteiger partial charge in [-0.25, -0.2) is 0 Å². The van der Waals surface area contributed by atoms with E-state index >= 15 is 0 Å². The maximum atomic E-state index is 9.01. The fraction of sp³-hybridized carbons (Fsp3) is 0.312. The molecule has 0 spiro atoms. The molecule has 0 atom stereocenters. The minimum Gasteiger partial charge on any atom is -0.492 e. The van der Waals surface area contributed by atoms with Crippen molar-refractivity contribution in [3.8, 4) is 5.75 Å². The van der Waals surface area contributed by atoms with Crippen LogP contribution in [0.15, 0.2) is 47.5 Å². The monoisotopic (exact) mass is 308 g/mol. The average Bonchev–Trinajstić information content (AvgIpc) is 2.46. The molecule has 4 nitrogen and oxygen atoms in total. The highest BCUT2D eigenvalue weighted by atomic mass is 35.5. The molecule has 0 saturated carbocycles. The molecule has 0 aliphatic rings. The number of amidine groups is 1. The summed E-state index contributed by atoms with van der Waals surface area (Å²) < 4.78 is 5.80. The van der Waals surface area contributed by atoms with Crippen molar-refractivity contribution in [1.29, 1.82) is 0 Å². The van der Waals surface area contributed by atoms with Crippen LogP contribution in [0.1, 0.15) is 20.3 Å². The van der Waals surface area contributed by atoms with E-state index in [0.29, 0.717) is 18.9 Å². The van der Waals surface area contributed by atoms with Crippen molar-refractivity contribution in [2.45, 2.75) is 26.3 Å². The number of halogens is 1. The van der Waals surface area contributed by atoms with E-state index in [1.54, 1.807) is 0 Å². The standard InChI is InChI=1S/C16H20N2O2.ClH/c1-12(2)17-16(18-19)10-11-20-15-9-5-7-13-6-3-4-8-14(13)15;/h3-9,12,19H,10-11H2,1-2H3,(H,17,18);1H. The van der Waals surface area contributed by atoms with Crippen LogP contribution in [-0.2, 0) is 0 Å². The maximum Gasteiger partial charge on any atom is 0.127 e. The van der Waals surface area contributed by atoms with Crippen LogP contribution in [0.5, 0.6) is 5.75 Å². The predicted molar refractivity (Wildman–Crippen MR) is 88.8 cm³/mol. The van der Waals surface area contributed by atoms with Gasteiger partial charge in [-0.1, -0.05) is 36.4 Å². The number of hydrogen-bond acceptors (Lipinski definition) is 3. The first-order valence-corrected chi connectivity index (χ1v) is 6.78. The Hall–Kier alpha value is -1.78. The van der Waals surface area contributed by atoms with E-state index in [4.69, 9.17) is 9.94 Å². The van der Waals surface area contributed by atoms with Crippen LogP contribution in [0.25, 0.3) is 10.8 Å². The normalized spacial score (nSPS) is 11.3. The number of hydrogen-bond donors (Lipinski definition) is 2. The van der Waals surface area contributed by atoms with Crippen LogP contribution in [0.2, 0.25) is 0 Å². The number of nitrogens with one attached hydrogen (secondary N) is 1. The van der Waals surface area contributed by atoms with Crippen molar-refractivity contribution in [1.82, 2.24) is 5.48 Å². The summed E-state index contributed by atoms with van der Waals surface area (Å²) in [7, 11) is 0. The lowest BCUT2D eigenvalue weighted by Gasteiger charge is -2.10. The van der Waals surface area contributed by atoms with Crippen LogP contribution in [-0.4, -0.2) is 23.7 Å². The number of fused-ring (bicyclic) bond motifs is 1. The van der Waals surface area contributed by atoms with Gasteiger partial charge >= 0.3 is 0 Å². The zero-order valence-electron chi connectivity index (χ0n) is 12.2. The summed E-state index contributed by atoms with van der Waals surface area (Å²) in [5.41, 5.74) is 2.13. The van der Waals surface area contributed by atoms with Gasteiger partial charge in [-0.15, -0.1) is 12.4 Å². The average molecular weight is 309 g/mol. The van der Waals surface area contributed by atoms with Crippen molar-refractivity contribution in [2.75, 3.05) is 6.61 Å². The van der Waals surface area contributed by atoms with Crippen LogP contribution in [0.3, 0.4) is 0 Å². The Morgan fingerprint density at radius 3 is 2.62 bits per heavy atom. The molecule has 0 aliphatic carbocycles. The van der Waals surface area contributed by atoms with Crippen molar-refractivity contribution >= 4 is 29.0 Å². The quantitative estimate of drug-likeness (QED) is 0.501. The number of ether oxygens (including phenoxy) is 1. The molecule has 0 unspecified atom stereocenters. The molecule has 0 heterocycles. The number of aliphatic imine (C=N–C) groups is 1. The Labute approximate surface area is 131 Å². The molecule has 21 heavy (non-hydrogen) atoms. The largest absolute Gasteiger partial charge is 0.492 e. The first-order chi connectivity index (χ1) is 9.70. The summed E-state index contributed by atoms with van der Waals surface area (Å²) in [6.45, 7) is 4.39. The maximum absolute atomic E-state index is 9.01. The van der Waals surface area contributed by atoms with Gasteiger partial charge in [0.15, 0.2) is 0 Å². The van der Waals surface area contributed by atoms with E-state index in [-0.39, 0.29) is 18.4 Å². The summed E-state index contributed by atoms with van der Waals surface area (Å²) in [6, 6.07) is 14.2. The SMILES string of the molecule is CC(C)N=C(CCOc1cccc2ccccc12)NO.Cl. The fourth-order valence-corrected chi connectivity index (χ4v) is 2.04. The lowest BCUT2D eigenvalue weighted by molar-refractivity contribution is 0.227. The smallest absolute Gasteiger partial charge is 0.127 e. The molecule has 0 bridgehead atoms. The van der Waals surface area contributed by atoms with Gasteiger partial charge in [0.05, 0.1) is 6.61 Å². The molecule has 2 rings (SSSR count). The fourth-order valence-electron chi connectivity index (χ4n) is 2.04. The zero-order chi connectivity index (χ0) is 14.4. The highest BCUT2D eigenvalue weighted by molar-refractivity contribution is 5.88. The topological polar surface area (TPSA) is 53.8 Å². The molecule has 0 saturated heterocycles. The van der Waals surface area contributed by atoms with Gasteiger partial charge in [-0.05, 0) is 25.3 Å². The number of nitrogens with zero attached hydrogens (tertiary/aromatic N) is 1. The molecular weight excluding hydrogens is 288 g/mol. The van der Waals surface area contributed by atoms with Gasteiger partial charge in [0.25, 0.3) is 0 Å². The van der Waals surface area contributed by atoms with Crippen molar-refractivity contribution in [3.63, 3.8) is 0 Å². The van der Waals surface area contributed by atoms with Crippen LogP contribution >= 0.6 is 12.4 Å². The molecule has 114 valence electrons. The number of benzene rings is 2. The molecule has 0 radical (unpaired) electrons. The molecule has 2 N–H and O–H groups in total. The van der Waals surface area contributed by atoms with Gasteiger partial charge in [-0.2, -0.15) is 0 Å². The van der Waals surface area contributed by atoms with Crippen molar-refractivity contribution in [3.05, 3.63) is 42.5 Å². The Balaban J connectivity index is 0.00000220. The summed E-state index contributed by atoms with van der Waals surface area (Å²) >= 11 is 0. The Morgan fingerprint density at radius 1 is 1.19 bits per heavy atom. The van der Waals surface area contributed by atoms with E-state index in [0.717, 1.165) is 16.5 Å². The van der Waals surface area contributed by atoms with Gasteiger partial charge in [0.2, 0.25) is 0 Å². The van der Waals surface area contributed by atoms with E-state index in [1.165, 1.54) is 0 Å². The molecule has 0 fully saturated rings. The Morgan fingerprint density at radius 2 is 1.90 bits per heavy atom. The molecule has 0 aromatic heterocycles. The minimum absolute atomic E-state index is 0.